The largest absolute Gasteiger partial charge is 0.469 e. The minimum absolute atomic E-state index is 0.143. The van der Waals surface area contributed by atoms with Crippen molar-refractivity contribution in [3.8, 4) is 0 Å². The molecular weight excluding hydrogens is 330 g/mol. The predicted octanol–water partition coefficient (Wildman–Crippen LogP) is 2.57. The summed E-state index contributed by atoms with van der Waals surface area (Å²) in [5.74, 6) is 0.563. The fourth-order valence-corrected chi connectivity index (χ4v) is 2.52. The van der Waals surface area contributed by atoms with Crippen LogP contribution >= 0.6 is 0 Å². The van der Waals surface area contributed by atoms with E-state index >= 15 is 0 Å². The van der Waals surface area contributed by atoms with E-state index in [1.165, 1.54) is 7.11 Å². The molecule has 1 rings (SSSR count). The van der Waals surface area contributed by atoms with Gasteiger partial charge in [-0.1, -0.05) is 43.2 Å². The van der Waals surface area contributed by atoms with Gasteiger partial charge in [-0.2, -0.15) is 0 Å². The highest BCUT2D eigenvalue weighted by molar-refractivity contribution is 5.79. The van der Waals surface area contributed by atoms with Gasteiger partial charge in [-0.3, -0.25) is 4.79 Å². The van der Waals surface area contributed by atoms with Gasteiger partial charge in [-0.25, -0.2) is 4.99 Å². The molecule has 26 heavy (non-hydrogen) atoms. The third kappa shape index (κ3) is 8.85. The van der Waals surface area contributed by atoms with Crippen molar-refractivity contribution in [3.63, 3.8) is 0 Å². The molecule has 1 atom stereocenters. The molecule has 146 valence electrons. The van der Waals surface area contributed by atoms with Crippen LogP contribution in [0.5, 0.6) is 0 Å². The third-order valence-electron chi connectivity index (χ3n) is 4.11. The zero-order valence-electron chi connectivity index (χ0n) is 16.3. The number of esters is 1. The van der Waals surface area contributed by atoms with Gasteiger partial charge in [0.05, 0.1) is 13.7 Å². The maximum absolute atomic E-state index is 11.0. The average Bonchev–Trinajstić information content (AvgIpc) is 2.65. The van der Waals surface area contributed by atoms with Crippen LogP contribution < -0.4 is 10.6 Å². The summed E-state index contributed by atoms with van der Waals surface area (Å²) in [6, 6.07) is 9.57. The first kappa shape index (κ1) is 22.0. The SMILES string of the molecule is CCNC(=NCC(C)(O)c1ccccc1)NCCCCCCC(=O)OC. The lowest BCUT2D eigenvalue weighted by molar-refractivity contribution is -0.140. The number of nitrogens with zero attached hydrogens (tertiary/aromatic N) is 1. The van der Waals surface area contributed by atoms with Crippen molar-refractivity contribution in [3.05, 3.63) is 35.9 Å². The second-order valence-corrected chi connectivity index (χ2v) is 6.50. The molecule has 0 aliphatic carbocycles. The fourth-order valence-electron chi connectivity index (χ4n) is 2.52. The smallest absolute Gasteiger partial charge is 0.305 e. The average molecular weight is 364 g/mol. The summed E-state index contributed by atoms with van der Waals surface area (Å²) in [4.78, 5) is 15.6. The van der Waals surface area contributed by atoms with E-state index in [4.69, 9.17) is 0 Å². The Balaban J connectivity index is 2.36. The first-order chi connectivity index (χ1) is 12.5. The van der Waals surface area contributed by atoms with Crippen LogP contribution in [0.3, 0.4) is 0 Å². The lowest BCUT2D eigenvalue weighted by atomic mass is 9.96. The lowest BCUT2D eigenvalue weighted by Gasteiger charge is -2.22. The zero-order valence-corrected chi connectivity index (χ0v) is 16.3. The molecule has 0 aliphatic rings. The van der Waals surface area contributed by atoms with E-state index in [2.05, 4.69) is 20.4 Å². The molecule has 3 N–H and O–H groups in total. The first-order valence-corrected chi connectivity index (χ1v) is 9.36. The number of carbonyl (C=O) groups excluding carboxylic acids is 1. The predicted molar refractivity (Wildman–Crippen MR) is 105 cm³/mol. The van der Waals surface area contributed by atoms with E-state index in [-0.39, 0.29) is 12.5 Å². The molecule has 0 fully saturated rings. The Kier molecular flexibility index (Phi) is 10.4. The minimum atomic E-state index is -1.00. The van der Waals surface area contributed by atoms with E-state index in [1.807, 2.05) is 37.3 Å². The Morgan fingerprint density at radius 3 is 2.50 bits per heavy atom. The molecule has 0 radical (unpaired) electrons. The van der Waals surface area contributed by atoms with Gasteiger partial charge < -0.3 is 20.5 Å². The molecular formula is C20H33N3O3. The third-order valence-corrected chi connectivity index (χ3v) is 4.11. The molecule has 1 unspecified atom stereocenters. The van der Waals surface area contributed by atoms with E-state index in [0.717, 1.165) is 44.3 Å². The van der Waals surface area contributed by atoms with Gasteiger partial charge in [0.2, 0.25) is 0 Å². The number of rotatable bonds is 11. The molecule has 0 heterocycles. The molecule has 6 heteroatoms. The molecule has 0 aliphatic heterocycles. The van der Waals surface area contributed by atoms with Gasteiger partial charge in [0, 0.05) is 19.5 Å². The lowest BCUT2D eigenvalue weighted by Crippen LogP contribution is -2.39. The number of unbranched alkanes of at least 4 members (excludes halogenated alkanes) is 3. The Hall–Kier alpha value is -2.08. The number of carbonyl (C=O) groups is 1. The van der Waals surface area contributed by atoms with Crippen molar-refractivity contribution in [2.45, 2.75) is 51.6 Å². The molecule has 0 aromatic heterocycles. The number of methoxy groups -OCH3 is 1. The van der Waals surface area contributed by atoms with Crippen molar-refractivity contribution in [2.75, 3.05) is 26.7 Å². The van der Waals surface area contributed by atoms with Crippen LogP contribution in [-0.2, 0) is 15.1 Å². The molecule has 0 amide bonds. The maximum atomic E-state index is 11.0. The van der Waals surface area contributed by atoms with Gasteiger partial charge in [0.15, 0.2) is 5.96 Å². The van der Waals surface area contributed by atoms with Crippen LogP contribution in [0.1, 0.15) is 51.5 Å². The van der Waals surface area contributed by atoms with Gasteiger partial charge in [0.1, 0.15) is 5.60 Å². The molecule has 6 nitrogen and oxygen atoms in total. The van der Waals surface area contributed by atoms with E-state index in [9.17, 15) is 9.90 Å². The molecule has 0 saturated carbocycles. The minimum Gasteiger partial charge on any atom is -0.469 e. The Morgan fingerprint density at radius 1 is 1.15 bits per heavy atom. The van der Waals surface area contributed by atoms with Crippen LogP contribution in [-0.4, -0.2) is 43.8 Å². The van der Waals surface area contributed by atoms with Crippen molar-refractivity contribution < 1.29 is 14.6 Å². The highest BCUT2D eigenvalue weighted by Crippen LogP contribution is 2.20. The van der Waals surface area contributed by atoms with Gasteiger partial charge >= 0.3 is 5.97 Å². The van der Waals surface area contributed by atoms with Crippen molar-refractivity contribution in [1.29, 1.82) is 0 Å². The highest BCUT2D eigenvalue weighted by atomic mass is 16.5. The number of nitrogens with one attached hydrogen (secondary N) is 2. The summed E-state index contributed by atoms with van der Waals surface area (Å²) >= 11 is 0. The fraction of sp³-hybridized carbons (Fsp3) is 0.600. The first-order valence-electron chi connectivity index (χ1n) is 9.36. The van der Waals surface area contributed by atoms with Crippen molar-refractivity contribution in [1.82, 2.24) is 10.6 Å². The molecule has 1 aromatic rings. The van der Waals surface area contributed by atoms with Gasteiger partial charge in [-0.05, 0) is 32.3 Å². The summed E-state index contributed by atoms with van der Waals surface area (Å²) in [7, 11) is 1.42. The number of benzene rings is 1. The van der Waals surface area contributed by atoms with E-state index in [0.29, 0.717) is 12.4 Å². The van der Waals surface area contributed by atoms with Crippen LogP contribution in [0, 0.1) is 0 Å². The van der Waals surface area contributed by atoms with Gasteiger partial charge in [-0.15, -0.1) is 0 Å². The summed E-state index contributed by atoms with van der Waals surface area (Å²) in [6.45, 7) is 5.64. The summed E-state index contributed by atoms with van der Waals surface area (Å²) in [5.41, 5.74) is -0.150. The number of hydrogen-bond donors (Lipinski definition) is 3. The topological polar surface area (TPSA) is 83.0 Å². The number of hydrogen-bond acceptors (Lipinski definition) is 4. The monoisotopic (exact) mass is 363 g/mol. The second kappa shape index (κ2) is 12.3. The number of aliphatic hydroxyl groups is 1. The standard InChI is InChI=1S/C20H33N3O3/c1-4-21-19(22-15-11-6-5-10-14-18(24)26-3)23-16-20(2,25)17-12-8-7-9-13-17/h7-9,12-13,25H,4-6,10-11,14-16H2,1-3H3,(H2,21,22,23). The van der Waals surface area contributed by atoms with Crippen LogP contribution in [0.2, 0.25) is 0 Å². The molecule has 0 spiro atoms. The summed E-state index contributed by atoms with van der Waals surface area (Å²) in [6.07, 6.45) is 4.41. The molecule has 0 bridgehead atoms. The highest BCUT2D eigenvalue weighted by Gasteiger charge is 2.22. The van der Waals surface area contributed by atoms with Crippen molar-refractivity contribution in [2.24, 2.45) is 4.99 Å². The summed E-state index contributed by atoms with van der Waals surface area (Å²) in [5, 5.41) is 17.1. The normalized spacial score (nSPS) is 13.8. The number of guanidine groups is 1. The van der Waals surface area contributed by atoms with E-state index in [1.54, 1.807) is 6.92 Å². The Bertz CT molecular complexity index is 544. The second-order valence-electron chi connectivity index (χ2n) is 6.50. The molecule has 0 saturated heterocycles. The van der Waals surface area contributed by atoms with Crippen LogP contribution in [0.4, 0.5) is 0 Å². The van der Waals surface area contributed by atoms with E-state index < -0.39 is 5.60 Å². The quantitative estimate of drug-likeness (QED) is 0.244. The maximum Gasteiger partial charge on any atom is 0.305 e. The Labute approximate surface area is 157 Å². The number of aliphatic imine (C=N–C) groups is 1. The zero-order chi connectivity index (χ0) is 19.3. The number of ether oxygens (including phenoxy) is 1. The van der Waals surface area contributed by atoms with Gasteiger partial charge in [0.25, 0.3) is 0 Å². The van der Waals surface area contributed by atoms with Crippen LogP contribution in [0.25, 0.3) is 0 Å². The summed E-state index contributed by atoms with van der Waals surface area (Å²) < 4.78 is 4.63. The Morgan fingerprint density at radius 2 is 1.85 bits per heavy atom. The molecule has 1 aromatic carbocycles. The van der Waals surface area contributed by atoms with Crippen LogP contribution in [0.15, 0.2) is 35.3 Å². The van der Waals surface area contributed by atoms with Crippen molar-refractivity contribution >= 4 is 11.9 Å².